The van der Waals surface area contributed by atoms with Gasteiger partial charge in [-0.25, -0.2) is 0 Å². The van der Waals surface area contributed by atoms with Crippen molar-refractivity contribution in [3.05, 3.63) is 0 Å². The molecule has 0 heterocycles. The second-order valence-corrected chi connectivity index (χ2v) is 3.06. The molecule has 0 radical (unpaired) electrons. The topological polar surface area (TPSA) is 23.5 Å². The van der Waals surface area contributed by atoms with Gasteiger partial charge in [0, 0.05) is 13.6 Å². The number of hydrogen-bond donors (Lipinski definition) is 1. The highest BCUT2D eigenvalue weighted by atomic mass is 32.2. The van der Waals surface area contributed by atoms with Gasteiger partial charge in [0.15, 0.2) is 0 Å². The second kappa shape index (κ2) is 5.02. The van der Waals surface area contributed by atoms with E-state index in [1.54, 1.807) is 0 Å². The summed E-state index contributed by atoms with van der Waals surface area (Å²) in [5, 5.41) is 8.47. The molecule has 0 rings (SSSR count). The summed E-state index contributed by atoms with van der Waals surface area (Å²) in [6.45, 7) is 0.789. The molecule has 0 spiro atoms. The van der Waals surface area contributed by atoms with E-state index in [0.717, 1.165) is 4.32 Å². The Balaban J connectivity index is 3.45. The first kappa shape index (κ1) is 9.20. The van der Waals surface area contributed by atoms with E-state index in [0.29, 0.717) is 6.54 Å². The van der Waals surface area contributed by atoms with E-state index in [-0.39, 0.29) is 6.61 Å². The molecule has 0 saturated heterocycles. The van der Waals surface area contributed by atoms with E-state index < -0.39 is 0 Å². The molecule has 4 heteroatoms. The molecule has 0 aliphatic carbocycles. The zero-order valence-electron chi connectivity index (χ0n) is 5.63. The standard InChI is InChI=1S/C5H11NOS2/c1-6(3-4-7)5(8)9-2/h7H,3-4H2,1-2H3. The summed E-state index contributed by atoms with van der Waals surface area (Å²) in [6.07, 6.45) is 1.93. The summed E-state index contributed by atoms with van der Waals surface area (Å²) in [5.41, 5.74) is 0. The summed E-state index contributed by atoms with van der Waals surface area (Å²) in [5.74, 6) is 0. The number of aliphatic hydroxyl groups excluding tert-OH is 1. The Hall–Kier alpha value is 0.200. The molecule has 1 N–H and O–H groups in total. The fourth-order valence-corrected chi connectivity index (χ4v) is 0.891. The van der Waals surface area contributed by atoms with Crippen molar-refractivity contribution >= 4 is 28.3 Å². The van der Waals surface area contributed by atoms with Crippen LogP contribution in [0.15, 0.2) is 0 Å². The van der Waals surface area contributed by atoms with Crippen molar-refractivity contribution in [2.24, 2.45) is 0 Å². The van der Waals surface area contributed by atoms with Crippen LogP contribution in [0.4, 0.5) is 0 Å². The lowest BCUT2D eigenvalue weighted by Crippen LogP contribution is -2.25. The summed E-state index contributed by atoms with van der Waals surface area (Å²) in [7, 11) is 1.87. The van der Waals surface area contributed by atoms with E-state index in [2.05, 4.69) is 0 Å². The SMILES string of the molecule is CSC(=S)N(C)CCO. The molecule has 0 amide bonds. The first-order chi connectivity index (χ1) is 4.22. The fraction of sp³-hybridized carbons (Fsp3) is 0.800. The second-order valence-electron chi connectivity index (χ2n) is 1.62. The van der Waals surface area contributed by atoms with Crippen LogP contribution in [0.1, 0.15) is 0 Å². The van der Waals surface area contributed by atoms with Gasteiger partial charge in [-0.05, 0) is 6.26 Å². The van der Waals surface area contributed by atoms with Crippen LogP contribution in [0.5, 0.6) is 0 Å². The largest absolute Gasteiger partial charge is 0.395 e. The minimum Gasteiger partial charge on any atom is -0.395 e. The van der Waals surface area contributed by atoms with E-state index in [4.69, 9.17) is 17.3 Å². The van der Waals surface area contributed by atoms with Crippen molar-refractivity contribution in [3.8, 4) is 0 Å². The predicted octanol–water partition coefficient (Wildman–Crippen LogP) is 0.558. The highest BCUT2D eigenvalue weighted by Gasteiger charge is 1.98. The van der Waals surface area contributed by atoms with Gasteiger partial charge >= 0.3 is 0 Å². The van der Waals surface area contributed by atoms with Crippen LogP contribution >= 0.6 is 24.0 Å². The van der Waals surface area contributed by atoms with Crippen LogP contribution in [-0.2, 0) is 0 Å². The highest BCUT2D eigenvalue weighted by Crippen LogP contribution is 2.00. The normalized spacial score (nSPS) is 9.22. The van der Waals surface area contributed by atoms with Gasteiger partial charge in [0.05, 0.1) is 6.61 Å². The summed E-state index contributed by atoms with van der Waals surface area (Å²) in [6, 6.07) is 0. The minimum atomic E-state index is 0.164. The molecule has 2 nitrogen and oxygen atoms in total. The lowest BCUT2D eigenvalue weighted by Gasteiger charge is -2.15. The van der Waals surface area contributed by atoms with Crippen LogP contribution in [0.3, 0.4) is 0 Å². The number of rotatable bonds is 2. The highest BCUT2D eigenvalue weighted by molar-refractivity contribution is 8.22. The van der Waals surface area contributed by atoms with E-state index in [1.165, 1.54) is 11.8 Å². The number of nitrogens with zero attached hydrogens (tertiary/aromatic N) is 1. The molecule has 0 atom stereocenters. The van der Waals surface area contributed by atoms with Crippen LogP contribution in [0.25, 0.3) is 0 Å². The average molecular weight is 165 g/mol. The van der Waals surface area contributed by atoms with Crippen molar-refractivity contribution in [1.82, 2.24) is 4.90 Å². The van der Waals surface area contributed by atoms with Crippen LogP contribution in [-0.4, -0.2) is 40.8 Å². The Labute approximate surface area is 65.2 Å². The van der Waals surface area contributed by atoms with Gasteiger partial charge in [0.2, 0.25) is 0 Å². The number of likely N-dealkylation sites (N-methyl/N-ethyl adjacent to an activating group) is 1. The van der Waals surface area contributed by atoms with Gasteiger partial charge in [0.25, 0.3) is 0 Å². The number of thioether (sulfide) groups is 1. The maximum atomic E-state index is 8.47. The summed E-state index contributed by atoms with van der Waals surface area (Å²) in [4.78, 5) is 1.85. The van der Waals surface area contributed by atoms with Crippen molar-refractivity contribution in [2.75, 3.05) is 26.5 Å². The molecule has 0 bridgehead atoms. The van der Waals surface area contributed by atoms with Gasteiger partial charge in [-0.2, -0.15) is 0 Å². The van der Waals surface area contributed by atoms with Gasteiger partial charge in [0.1, 0.15) is 4.32 Å². The Morgan fingerprint density at radius 3 is 2.67 bits per heavy atom. The lowest BCUT2D eigenvalue weighted by atomic mass is 10.6. The fourth-order valence-electron chi connectivity index (χ4n) is 0.397. The Morgan fingerprint density at radius 2 is 2.33 bits per heavy atom. The van der Waals surface area contributed by atoms with Crippen LogP contribution in [0, 0.1) is 0 Å². The third-order valence-corrected chi connectivity index (χ3v) is 2.39. The zero-order valence-corrected chi connectivity index (χ0v) is 7.26. The third-order valence-electron chi connectivity index (χ3n) is 0.922. The monoisotopic (exact) mass is 165 g/mol. The van der Waals surface area contributed by atoms with Crippen LogP contribution < -0.4 is 0 Å². The number of hydrogen-bond acceptors (Lipinski definition) is 3. The quantitative estimate of drug-likeness (QED) is 0.604. The Bertz CT molecular complexity index is 97.0. The summed E-state index contributed by atoms with van der Waals surface area (Å²) >= 11 is 6.44. The van der Waals surface area contributed by atoms with Crippen molar-refractivity contribution in [2.45, 2.75) is 0 Å². The van der Waals surface area contributed by atoms with Crippen LogP contribution in [0.2, 0.25) is 0 Å². The molecule has 54 valence electrons. The molecule has 0 aromatic rings. The van der Waals surface area contributed by atoms with Crippen molar-refractivity contribution in [3.63, 3.8) is 0 Å². The van der Waals surface area contributed by atoms with E-state index in [1.807, 2.05) is 18.2 Å². The van der Waals surface area contributed by atoms with Gasteiger partial charge < -0.3 is 10.0 Å². The minimum absolute atomic E-state index is 0.164. The number of aliphatic hydroxyl groups is 1. The Morgan fingerprint density at radius 1 is 1.78 bits per heavy atom. The molecular formula is C5H11NOS2. The molecule has 0 aliphatic rings. The van der Waals surface area contributed by atoms with Crippen molar-refractivity contribution < 1.29 is 5.11 Å². The average Bonchev–Trinajstić information content (AvgIpc) is 1.87. The van der Waals surface area contributed by atoms with E-state index >= 15 is 0 Å². The van der Waals surface area contributed by atoms with Crippen molar-refractivity contribution in [1.29, 1.82) is 0 Å². The molecule has 0 aromatic carbocycles. The van der Waals surface area contributed by atoms with Gasteiger partial charge in [-0.3, -0.25) is 0 Å². The van der Waals surface area contributed by atoms with Gasteiger partial charge in [-0.15, -0.1) is 11.8 Å². The molecule has 0 saturated carbocycles. The zero-order chi connectivity index (χ0) is 7.28. The van der Waals surface area contributed by atoms with Gasteiger partial charge in [-0.1, -0.05) is 12.2 Å². The maximum absolute atomic E-state index is 8.47. The smallest absolute Gasteiger partial charge is 0.135 e. The molecular weight excluding hydrogens is 154 g/mol. The van der Waals surface area contributed by atoms with E-state index in [9.17, 15) is 0 Å². The molecule has 9 heavy (non-hydrogen) atoms. The molecule has 0 fully saturated rings. The predicted molar refractivity (Wildman–Crippen MR) is 45.8 cm³/mol. The first-order valence-electron chi connectivity index (χ1n) is 2.62. The first-order valence-corrected chi connectivity index (χ1v) is 4.25. The molecule has 0 aliphatic heterocycles. The summed E-state index contributed by atoms with van der Waals surface area (Å²) < 4.78 is 0.823. The maximum Gasteiger partial charge on any atom is 0.135 e. The molecule has 0 unspecified atom stereocenters. The third kappa shape index (κ3) is 3.72. The molecule has 0 aromatic heterocycles. The lowest BCUT2D eigenvalue weighted by molar-refractivity contribution is 0.266. The Kier molecular flexibility index (Phi) is 5.13. The number of thiocarbonyl (C=S) groups is 1.